The lowest BCUT2D eigenvalue weighted by Crippen LogP contribution is -2.42. The van der Waals surface area contributed by atoms with Gasteiger partial charge in [0.05, 0.1) is 19.7 Å². The van der Waals surface area contributed by atoms with Crippen LogP contribution in [0.3, 0.4) is 0 Å². The van der Waals surface area contributed by atoms with E-state index >= 15 is 0 Å². The zero-order valence-electron chi connectivity index (χ0n) is 16.5. The molecule has 0 spiro atoms. The number of ether oxygens (including phenoxy) is 2. The van der Waals surface area contributed by atoms with E-state index in [0.29, 0.717) is 38.1 Å². The second-order valence-electron chi connectivity index (χ2n) is 6.82. The first-order valence-electron chi connectivity index (χ1n) is 9.79. The summed E-state index contributed by atoms with van der Waals surface area (Å²) in [6.07, 6.45) is 1.88. The minimum Gasteiger partial charge on any atom is -0.494 e. The Bertz CT molecular complexity index is 739. The van der Waals surface area contributed by atoms with Crippen LogP contribution in [0.15, 0.2) is 28.8 Å². The van der Waals surface area contributed by atoms with Crippen LogP contribution in [0.1, 0.15) is 37.4 Å². The summed E-state index contributed by atoms with van der Waals surface area (Å²) in [7, 11) is 0. The van der Waals surface area contributed by atoms with Gasteiger partial charge in [0.1, 0.15) is 18.1 Å². The lowest BCUT2D eigenvalue weighted by Gasteiger charge is -2.29. The molecule has 0 unspecified atom stereocenters. The van der Waals surface area contributed by atoms with Crippen LogP contribution >= 0.6 is 0 Å². The molecule has 1 aromatic carbocycles. The van der Waals surface area contributed by atoms with Gasteiger partial charge in [0, 0.05) is 12.8 Å². The first-order valence-corrected chi connectivity index (χ1v) is 9.79. The van der Waals surface area contributed by atoms with Crippen LogP contribution in [0.2, 0.25) is 0 Å². The number of likely N-dealkylation sites (tertiary alicyclic amines) is 1. The zero-order valence-corrected chi connectivity index (χ0v) is 16.5. The SMILES string of the molecule is CCOc1ccc(OCCNC(=O)CN2CCC(c3noc(C)n3)CC2)cc1. The molecule has 1 fully saturated rings. The number of hydrogen-bond donors (Lipinski definition) is 1. The number of piperidine rings is 1. The minimum absolute atomic E-state index is 0.0177. The molecule has 152 valence electrons. The molecule has 0 radical (unpaired) electrons. The van der Waals surface area contributed by atoms with Crippen molar-refractivity contribution in [1.29, 1.82) is 0 Å². The van der Waals surface area contributed by atoms with E-state index in [1.54, 1.807) is 6.92 Å². The molecule has 1 N–H and O–H groups in total. The van der Waals surface area contributed by atoms with Crippen molar-refractivity contribution in [2.45, 2.75) is 32.6 Å². The second kappa shape index (κ2) is 10.1. The molecule has 0 bridgehead atoms. The highest BCUT2D eigenvalue weighted by atomic mass is 16.5. The number of carbonyl (C=O) groups is 1. The van der Waals surface area contributed by atoms with Crippen molar-refractivity contribution in [1.82, 2.24) is 20.4 Å². The predicted molar refractivity (Wildman–Crippen MR) is 104 cm³/mol. The first-order chi connectivity index (χ1) is 13.6. The van der Waals surface area contributed by atoms with Crippen LogP contribution in [-0.2, 0) is 4.79 Å². The van der Waals surface area contributed by atoms with Crippen molar-refractivity contribution in [3.8, 4) is 11.5 Å². The van der Waals surface area contributed by atoms with Crippen LogP contribution in [-0.4, -0.2) is 60.3 Å². The fourth-order valence-corrected chi connectivity index (χ4v) is 3.25. The fourth-order valence-electron chi connectivity index (χ4n) is 3.25. The summed E-state index contributed by atoms with van der Waals surface area (Å²) in [6.45, 7) is 7.41. The molecule has 8 heteroatoms. The van der Waals surface area contributed by atoms with Crippen molar-refractivity contribution in [2.75, 3.05) is 39.4 Å². The standard InChI is InChI=1S/C20H28N4O4/c1-3-26-17-4-6-18(7-5-17)27-13-10-21-19(25)14-24-11-8-16(9-12-24)20-22-15(2)28-23-20/h4-7,16H,3,8-14H2,1-2H3,(H,21,25). The molecule has 8 nitrogen and oxygen atoms in total. The normalized spacial score (nSPS) is 15.4. The molecule has 1 saturated heterocycles. The van der Waals surface area contributed by atoms with E-state index < -0.39 is 0 Å². The summed E-state index contributed by atoms with van der Waals surface area (Å²) in [4.78, 5) is 18.6. The molecule has 1 aromatic heterocycles. The third kappa shape index (κ3) is 5.95. The molecule has 28 heavy (non-hydrogen) atoms. The van der Waals surface area contributed by atoms with E-state index in [0.717, 1.165) is 43.3 Å². The summed E-state index contributed by atoms with van der Waals surface area (Å²) < 4.78 is 16.1. The zero-order chi connectivity index (χ0) is 19.8. The fraction of sp³-hybridized carbons (Fsp3) is 0.550. The molecular formula is C20H28N4O4. The summed E-state index contributed by atoms with van der Waals surface area (Å²) >= 11 is 0. The van der Waals surface area contributed by atoms with Gasteiger partial charge in [0.25, 0.3) is 0 Å². The number of rotatable bonds is 9. The van der Waals surface area contributed by atoms with Crippen molar-refractivity contribution in [3.63, 3.8) is 0 Å². The molecule has 1 aliphatic heterocycles. The Morgan fingerprint density at radius 2 is 1.89 bits per heavy atom. The number of aromatic nitrogens is 2. The Morgan fingerprint density at radius 1 is 1.21 bits per heavy atom. The Morgan fingerprint density at radius 3 is 2.50 bits per heavy atom. The maximum absolute atomic E-state index is 12.1. The first kappa shape index (κ1) is 20.1. The highest BCUT2D eigenvalue weighted by Crippen LogP contribution is 2.25. The van der Waals surface area contributed by atoms with Crippen molar-refractivity contribution >= 4 is 5.91 Å². The number of carbonyl (C=O) groups excluding carboxylic acids is 1. The number of benzene rings is 1. The highest BCUT2D eigenvalue weighted by Gasteiger charge is 2.25. The molecule has 2 aromatic rings. The monoisotopic (exact) mass is 388 g/mol. The van der Waals surface area contributed by atoms with Gasteiger partial charge in [-0.25, -0.2) is 0 Å². The van der Waals surface area contributed by atoms with E-state index in [9.17, 15) is 4.79 Å². The number of nitrogens with one attached hydrogen (secondary N) is 1. The number of hydrogen-bond acceptors (Lipinski definition) is 7. The Kier molecular flexibility index (Phi) is 7.25. The number of aryl methyl sites for hydroxylation is 1. The highest BCUT2D eigenvalue weighted by molar-refractivity contribution is 5.78. The Labute approximate surface area is 165 Å². The maximum Gasteiger partial charge on any atom is 0.234 e. The van der Waals surface area contributed by atoms with E-state index in [1.807, 2.05) is 31.2 Å². The van der Waals surface area contributed by atoms with Crippen LogP contribution in [0, 0.1) is 6.92 Å². The average molecular weight is 388 g/mol. The lowest BCUT2D eigenvalue weighted by atomic mass is 9.96. The molecule has 3 rings (SSSR count). The predicted octanol–water partition coefficient (Wildman–Crippen LogP) is 2.15. The van der Waals surface area contributed by atoms with Gasteiger partial charge in [-0.15, -0.1) is 0 Å². The molecular weight excluding hydrogens is 360 g/mol. The quantitative estimate of drug-likeness (QED) is 0.658. The largest absolute Gasteiger partial charge is 0.494 e. The second-order valence-corrected chi connectivity index (χ2v) is 6.82. The van der Waals surface area contributed by atoms with E-state index in [2.05, 4.69) is 20.4 Å². The molecule has 1 amide bonds. The Balaban J connectivity index is 1.29. The van der Waals surface area contributed by atoms with Gasteiger partial charge in [-0.1, -0.05) is 5.16 Å². The van der Waals surface area contributed by atoms with Gasteiger partial charge < -0.3 is 19.3 Å². The van der Waals surface area contributed by atoms with Crippen LogP contribution in [0.5, 0.6) is 11.5 Å². The van der Waals surface area contributed by atoms with E-state index in [1.165, 1.54) is 0 Å². The maximum atomic E-state index is 12.1. The summed E-state index contributed by atoms with van der Waals surface area (Å²) in [5.41, 5.74) is 0. The molecule has 0 aliphatic carbocycles. The summed E-state index contributed by atoms with van der Waals surface area (Å²) in [6, 6.07) is 7.47. The van der Waals surface area contributed by atoms with Gasteiger partial charge >= 0.3 is 0 Å². The summed E-state index contributed by atoms with van der Waals surface area (Å²) in [5, 5.41) is 6.92. The smallest absolute Gasteiger partial charge is 0.234 e. The van der Waals surface area contributed by atoms with Gasteiger partial charge in [-0.2, -0.15) is 4.98 Å². The van der Waals surface area contributed by atoms with Crippen LogP contribution < -0.4 is 14.8 Å². The van der Waals surface area contributed by atoms with Crippen molar-refractivity contribution in [2.24, 2.45) is 0 Å². The summed E-state index contributed by atoms with van der Waals surface area (Å²) in [5.74, 6) is 3.30. The van der Waals surface area contributed by atoms with Crippen LogP contribution in [0.4, 0.5) is 0 Å². The van der Waals surface area contributed by atoms with Gasteiger partial charge in [-0.3, -0.25) is 9.69 Å². The average Bonchev–Trinajstić information content (AvgIpc) is 3.14. The van der Waals surface area contributed by atoms with Crippen LogP contribution in [0.25, 0.3) is 0 Å². The Hall–Kier alpha value is -2.61. The van der Waals surface area contributed by atoms with E-state index in [-0.39, 0.29) is 5.91 Å². The van der Waals surface area contributed by atoms with Gasteiger partial charge in [0.2, 0.25) is 11.8 Å². The molecule has 0 atom stereocenters. The van der Waals surface area contributed by atoms with Crippen molar-refractivity contribution in [3.05, 3.63) is 36.0 Å². The van der Waals surface area contributed by atoms with E-state index in [4.69, 9.17) is 14.0 Å². The molecule has 1 aliphatic rings. The minimum atomic E-state index is 0.0177. The number of nitrogens with zero attached hydrogens (tertiary/aromatic N) is 3. The molecule has 0 saturated carbocycles. The third-order valence-electron chi connectivity index (χ3n) is 4.69. The topological polar surface area (TPSA) is 89.7 Å². The third-order valence-corrected chi connectivity index (χ3v) is 4.69. The van der Waals surface area contributed by atoms with Gasteiger partial charge in [-0.05, 0) is 57.1 Å². The molecule has 2 heterocycles. The number of amides is 1. The lowest BCUT2D eigenvalue weighted by molar-refractivity contribution is -0.122. The van der Waals surface area contributed by atoms with Gasteiger partial charge in [0.15, 0.2) is 5.82 Å². The van der Waals surface area contributed by atoms with Crippen molar-refractivity contribution < 1.29 is 18.8 Å².